The van der Waals surface area contributed by atoms with Crippen molar-refractivity contribution in [1.82, 2.24) is 20.5 Å². The number of benzene rings is 1. The number of hydrogen-bond donors (Lipinski definition) is 3. The van der Waals surface area contributed by atoms with Gasteiger partial charge in [0, 0.05) is 43.8 Å². The molecule has 0 aliphatic heterocycles. The summed E-state index contributed by atoms with van der Waals surface area (Å²) in [4.78, 5) is 21.2. The van der Waals surface area contributed by atoms with Crippen LogP contribution >= 0.6 is 0 Å². The molecule has 0 saturated heterocycles. The van der Waals surface area contributed by atoms with Crippen molar-refractivity contribution in [1.29, 1.82) is 0 Å². The Morgan fingerprint density at radius 2 is 2.17 bits per heavy atom. The van der Waals surface area contributed by atoms with Gasteiger partial charge in [-0.1, -0.05) is 6.42 Å². The van der Waals surface area contributed by atoms with E-state index in [4.69, 9.17) is 0 Å². The lowest BCUT2D eigenvalue weighted by molar-refractivity contribution is -0.127. The summed E-state index contributed by atoms with van der Waals surface area (Å²) in [6.07, 6.45) is 7.80. The molecule has 0 radical (unpaired) electrons. The first kappa shape index (κ1) is 19.7. The molecule has 2 aromatic rings. The third-order valence-electron chi connectivity index (χ3n) is 6.35. The van der Waals surface area contributed by atoms with Crippen LogP contribution in [-0.2, 0) is 11.2 Å². The molecule has 6 nitrogen and oxygen atoms in total. The molecule has 1 aromatic heterocycles. The van der Waals surface area contributed by atoms with Crippen molar-refractivity contribution in [2.75, 3.05) is 27.2 Å². The highest BCUT2D eigenvalue weighted by Gasteiger charge is 2.39. The number of H-pyrrole nitrogens is 1. The molecule has 0 spiro atoms. The van der Waals surface area contributed by atoms with Crippen LogP contribution in [0.2, 0.25) is 0 Å². The molecule has 1 heterocycles. The first-order valence-electron chi connectivity index (χ1n) is 10.5. The van der Waals surface area contributed by atoms with Crippen LogP contribution in [-0.4, -0.2) is 55.0 Å². The van der Waals surface area contributed by atoms with Gasteiger partial charge in [-0.25, -0.2) is 9.38 Å². The summed E-state index contributed by atoms with van der Waals surface area (Å²) in [6.45, 7) is 0.785. The predicted molar refractivity (Wildman–Crippen MR) is 113 cm³/mol. The van der Waals surface area contributed by atoms with E-state index in [-0.39, 0.29) is 18.3 Å². The first-order valence-corrected chi connectivity index (χ1v) is 10.5. The highest BCUT2D eigenvalue weighted by molar-refractivity contribution is 5.85. The average Bonchev–Trinajstić information content (AvgIpc) is 3.41. The molecule has 2 bridgehead atoms. The Morgan fingerprint density at radius 1 is 1.31 bits per heavy atom. The van der Waals surface area contributed by atoms with E-state index >= 15 is 0 Å². The van der Waals surface area contributed by atoms with E-state index in [0.717, 1.165) is 28.8 Å². The minimum atomic E-state index is -0.228. The molecule has 7 heteroatoms. The SMILES string of the molecule is CN(C)C(=O)CN=C(NCCc1c[nH]c2ccc(F)cc12)NC1CC2CCC1C2. The number of fused-ring (bicyclic) bond motifs is 3. The number of nitrogens with zero attached hydrogens (tertiary/aromatic N) is 2. The minimum Gasteiger partial charge on any atom is -0.361 e. The zero-order chi connectivity index (χ0) is 20.4. The smallest absolute Gasteiger partial charge is 0.243 e. The first-order chi connectivity index (χ1) is 14.0. The van der Waals surface area contributed by atoms with Crippen LogP contribution in [0.15, 0.2) is 29.4 Å². The normalized spacial score (nSPS) is 23.6. The molecule has 1 aromatic carbocycles. The Balaban J connectivity index is 1.39. The zero-order valence-electron chi connectivity index (χ0n) is 17.2. The van der Waals surface area contributed by atoms with E-state index in [0.29, 0.717) is 24.5 Å². The van der Waals surface area contributed by atoms with Gasteiger partial charge < -0.3 is 20.5 Å². The summed E-state index contributed by atoms with van der Waals surface area (Å²) in [5.41, 5.74) is 2.00. The molecule has 2 aliphatic carbocycles. The van der Waals surface area contributed by atoms with Gasteiger partial charge in [0.15, 0.2) is 5.96 Å². The Morgan fingerprint density at radius 3 is 2.90 bits per heavy atom. The lowest BCUT2D eigenvalue weighted by atomic mass is 9.95. The number of likely N-dealkylation sites (N-methyl/N-ethyl adjacent to an activating group) is 1. The van der Waals surface area contributed by atoms with Crippen LogP contribution in [0.3, 0.4) is 0 Å². The Kier molecular flexibility index (Phi) is 5.74. The fourth-order valence-corrected chi connectivity index (χ4v) is 4.71. The maximum Gasteiger partial charge on any atom is 0.243 e. The maximum atomic E-state index is 13.6. The van der Waals surface area contributed by atoms with Crippen molar-refractivity contribution in [3.05, 3.63) is 35.8 Å². The van der Waals surface area contributed by atoms with Crippen molar-refractivity contribution < 1.29 is 9.18 Å². The fraction of sp³-hybridized carbons (Fsp3) is 0.545. The Bertz CT molecular complexity index is 906. The van der Waals surface area contributed by atoms with E-state index in [1.807, 2.05) is 6.20 Å². The van der Waals surface area contributed by atoms with Crippen molar-refractivity contribution in [2.45, 2.75) is 38.1 Å². The van der Waals surface area contributed by atoms with E-state index in [1.54, 1.807) is 31.1 Å². The van der Waals surface area contributed by atoms with Gasteiger partial charge in [-0.3, -0.25) is 4.79 Å². The molecule has 3 atom stereocenters. The Labute approximate surface area is 171 Å². The monoisotopic (exact) mass is 399 g/mol. The van der Waals surface area contributed by atoms with Gasteiger partial charge in [0.2, 0.25) is 5.91 Å². The van der Waals surface area contributed by atoms with Gasteiger partial charge in [-0.05, 0) is 61.3 Å². The third-order valence-corrected chi connectivity index (χ3v) is 6.35. The van der Waals surface area contributed by atoms with Crippen LogP contribution in [0.1, 0.15) is 31.2 Å². The fourth-order valence-electron chi connectivity index (χ4n) is 4.71. The number of rotatable bonds is 6. The quantitative estimate of drug-likeness (QED) is 0.517. The second-order valence-electron chi connectivity index (χ2n) is 8.56. The standard InChI is InChI=1S/C22H30FN5O/c1-28(2)21(29)13-26-22(27-20-10-14-3-4-15(20)9-14)24-8-7-16-12-25-19-6-5-17(23)11-18(16)19/h5-6,11-12,14-15,20,25H,3-4,7-10,13H2,1-2H3,(H2,24,26,27). The van der Waals surface area contributed by atoms with Crippen LogP contribution in [0.25, 0.3) is 10.9 Å². The molecule has 2 saturated carbocycles. The van der Waals surface area contributed by atoms with Gasteiger partial charge in [0.05, 0.1) is 0 Å². The lowest BCUT2D eigenvalue weighted by Gasteiger charge is -2.25. The van der Waals surface area contributed by atoms with Crippen molar-refractivity contribution in [3.63, 3.8) is 0 Å². The lowest BCUT2D eigenvalue weighted by Crippen LogP contribution is -2.46. The number of carbonyl (C=O) groups excluding carboxylic acids is 1. The Hall–Kier alpha value is -2.57. The highest BCUT2D eigenvalue weighted by atomic mass is 19.1. The molecular weight excluding hydrogens is 369 g/mol. The molecular formula is C22H30FN5O. The molecule has 29 heavy (non-hydrogen) atoms. The molecule has 156 valence electrons. The van der Waals surface area contributed by atoms with Gasteiger partial charge in [-0.15, -0.1) is 0 Å². The second kappa shape index (κ2) is 8.43. The zero-order valence-corrected chi connectivity index (χ0v) is 17.2. The second-order valence-corrected chi connectivity index (χ2v) is 8.56. The van der Waals surface area contributed by atoms with E-state index in [1.165, 1.54) is 31.7 Å². The number of guanidine groups is 1. The summed E-state index contributed by atoms with van der Waals surface area (Å²) in [5.74, 6) is 2.00. The van der Waals surface area contributed by atoms with Crippen LogP contribution in [0, 0.1) is 17.7 Å². The number of amides is 1. The summed E-state index contributed by atoms with van der Waals surface area (Å²) in [6, 6.07) is 5.24. The molecule has 1 amide bonds. The van der Waals surface area contributed by atoms with Crippen LogP contribution in [0.5, 0.6) is 0 Å². The number of aliphatic imine (C=N–C) groups is 1. The summed E-state index contributed by atoms with van der Waals surface area (Å²) >= 11 is 0. The molecule has 4 rings (SSSR count). The number of hydrogen-bond acceptors (Lipinski definition) is 2. The highest BCUT2D eigenvalue weighted by Crippen LogP contribution is 2.44. The summed E-state index contributed by atoms with van der Waals surface area (Å²) in [5, 5.41) is 7.86. The molecule has 2 fully saturated rings. The molecule has 3 N–H and O–H groups in total. The molecule has 2 aliphatic rings. The van der Waals surface area contributed by atoms with Crippen molar-refractivity contribution in [2.24, 2.45) is 16.8 Å². The van der Waals surface area contributed by atoms with E-state index in [2.05, 4.69) is 20.6 Å². The number of aromatic amines is 1. The van der Waals surface area contributed by atoms with E-state index < -0.39 is 0 Å². The largest absolute Gasteiger partial charge is 0.361 e. The minimum absolute atomic E-state index is 0.0221. The molecule has 3 unspecified atom stereocenters. The number of aromatic nitrogens is 1. The van der Waals surface area contributed by atoms with Crippen molar-refractivity contribution in [3.8, 4) is 0 Å². The van der Waals surface area contributed by atoms with Gasteiger partial charge in [-0.2, -0.15) is 0 Å². The number of nitrogens with one attached hydrogen (secondary N) is 3. The predicted octanol–water partition coefficient (Wildman–Crippen LogP) is 2.66. The van der Waals surface area contributed by atoms with Crippen molar-refractivity contribution >= 4 is 22.8 Å². The average molecular weight is 400 g/mol. The van der Waals surface area contributed by atoms with Gasteiger partial charge >= 0.3 is 0 Å². The summed E-state index contributed by atoms with van der Waals surface area (Å²) in [7, 11) is 3.48. The van der Waals surface area contributed by atoms with Crippen LogP contribution in [0.4, 0.5) is 4.39 Å². The maximum absolute atomic E-state index is 13.6. The third kappa shape index (κ3) is 4.54. The van der Waals surface area contributed by atoms with Gasteiger partial charge in [0.25, 0.3) is 0 Å². The number of halogens is 1. The van der Waals surface area contributed by atoms with Crippen LogP contribution < -0.4 is 10.6 Å². The van der Waals surface area contributed by atoms with Gasteiger partial charge in [0.1, 0.15) is 12.4 Å². The number of carbonyl (C=O) groups is 1. The topological polar surface area (TPSA) is 72.5 Å². The summed E-state index contributed by atoms with van der Waals surface area (Å²) < 4.78 is 13.6. The van der Waals surface area contributed by atoms with E-state index in [9.17, 15) is 9.18 Å².